The molecule has 0 aliphatic heterocycles. The molecule has 88 valence electrons. The second-order valence-corrected chi connectivity index (χ2v) is 4.09. The van der Waals surface area contributed by atoms with Crippen molar-refractivity contribution in [1.29, 1.82) is 0 Å². The highest BCUT2D eigenvalue weighted by Crippen LogP contribution is 2.13. The van der Waals surface area contributed by atoms with Gasteiger partial charge in [-0.3, -0.25) is 0 Å². The Morgan fingerprint density at radius 2 is 1.88 bits per heavy atom. The van der Waals surface area contributed by atoms with Crippen molar-refractivity contribution in [2.45, 2.75) is 13.8 Å². The van der Waals surface area contributed by atoms with Crippen LogP contribution in [-0.2, 0) is 0 Å². The molecule has 16 heavy (non-hydrogen) atoms. The third kappa shape index (κ3) is 4.11. The molecule has 0 saturated heterocycles. The fraction of sp³-hybridized carbons (Fsp3) is 0.385. The predicted molar refractivity (Wildman–Crippen MR) is 63.1 cm³/mol. The lowest BCUT2D eigenvalue weighted by Crippen LogP contribution is -2.19. The second-order valence-electron chi connectivity index (χ2n) is 4.09. The van der Waals surface area contributed by atoms with Gasteiger partial charge in [0.25, 0.3) is 0 Å². The smallest absolute Gasteiger partial charge is 0.133 e. The van der Waals surface area contributed by atoms with Crippen LogP contribution in [-0.4, -0.2) is 13.1 Å². The molecule has 0 bridgehead atoms. The van der Waals surface area contributed by atoms with Crippen LogP contribution in [0.4, 0.5) is 8.78 Å². The molecule has 1 nitrogen and oxygen atoms in total. The summed E-state index contributed by atoms with van der Waals surface area (Å²) >= 11 is 0. The molecule has 0 aliphatic carbocycles. The Morgan fingerprint density at radius 1 is 1.25 bits per heavy atom. The summed E-state index contributed by atoms with van der Waals surface area (Å²) in [5.41, 5.74) is 0.0221. The van der Waals surface area contributed by atoms with Crippen LogP contribution in [0.5, 0.6) is 0 Å². The topological polar surface area (TPSA) is 12.0 Å². The summed E-state index contributed by atoms with van der Waals surface area (Å²) in [5.74, 6) is -0.487. The van der Waals surface area contributed by atoms with Crippen molar-refractivity contribution in [1.82, 2.24) is 5.32 Å². The van der Waals surface area contributed by atoms with Gasteiger partial charge in [0.1, 0.15) is 11.6 Å². The van der Waals surface area contributed by atoms with Gasteiger partial charge in [-0.15, -0.1) is 0 Å². The number of rotatable bonds is 5. The zero-order valence-electron chi connectivity index (χ0n) is 9.63. The lowest BCUT2D eigenvalue weighted by molar-refractivity contribution is 0.574. The molecular formula is C13H17F2N. The molecule has 0 radical (unpaired) electrons. The maximum absolute atomic E-state index is 13.2. The van der Waals surface area contributed by atoms with Gasteiger partial charge in [0.05, 0.1) is 0 Å². The van der Waals surface area contributed by atoms with E-state index in [0.29, 0.717) is 12.5 Å². The Bertz CT molecular complexity index is 339. The standard InChI is InChI=1S/C13H17F2N/c1-10(2)9-16-8-4-5-11-12(14)6-3-7-13(11)15/h3-7,10,16H,8-9H2,1-2H3. The summed E-state index contributed by atoms with van der Waals surface area (Å²) in [5, 5.41) is 3.16. The molecule has 0 amide bonds. The Hall–Kier alpha value is -1.22. The first kappa shape index (κ1) is 12.8. The maximum Gasteiger partial charge on any atom is 0.133 e. The van der Waals surface area contributed by atoms with E-state index in [2.05, 4.69) is 19.2 Å². The van der Waals surface area contributed by atoms with Crippen molar-refractivity contribution in [3.8, 4) is 0 Å². The van der Waals surface area contributed by atoms with Crippen LogP contribution < -0.4 is 5.32 Å². The van der Waals surface area contributed by atoms with Gasteiger partial charge in [-0.2, -0.15) is 0 Å². The average Bonchev–Trinajstić information content (AvgIpc) is 2.21. The van der Waals surface area contributed by atoms with Crippen molar-refractivity contribution in [3.05, 3.63) is 41.5 Å². The lowest BCUT2D eigenvalue weighted by Gasteiger charge is -2.04. The largest absolute Gasteiger partial charge is 0.313 e. The Kier molecular flexibility index (Phi) is 5.12. The first-order valence-corrected chi connectivity index (χ1v) is 5.42. The Balaban J connectivity index is 2.50. The van der Waals surface area contributed by atoms with E-state index in [1.54, 1.807) is 6.08 Å². The van der Waals surface area contributed by atoms with Crippen LogP contribution in [0.15, 0.2) is 24.3 Å². The highest BCUT2D eigenvalue weighted by Gasteiger charge is 2.03. The van der Waals surface area contributed by atoms with E-state index in [4.69, 9.17) is 0 Å². The van der Waals surface area contributed by atoms with Gasteiger partial charge in [0.2, 0.25) is 0 Å². The van der Waals surface area contributed by atoms with Crippen molar-refractivity contribution < 1.29 is 8.78 Å². The lowest BCUT2D eigenvalue weighted by atomic mass is 10.2. The van der Waals surface area contributed by atoms with Crippen LogP contribution in [0.1, 0.15) is 19.4 Å². The maximum atomic E-state index is 13.2. The minimum Gasteiger partial charge on any atom is -0.313 e. The molecule has 0 heterocycles. The van der Waals surface area contributed by atoms with Gasteiger partial charge in [0, 0.05) is 12.1 Å². The average molecular weight is 225 g/mol. The Morgan fingerprint density at radius 3 is 2.44 bits per heavy atom. The molecule has 1 aromatic carbocycles. The quantitative estimate of drug-likeness (QED) is 0.759. The van der Waals surface area contributed by atoms with E-state index in [1.165, 1.54) is 24.3 Å². The van der Waals surface area contributed by atoms with Gasteiger partial charge < -0.3 is 5.32 Å². The molecule has 3 heteroatoms. The second kappa shape index (κ2) is 6.38. The minimum atomic E-state index is -0.528. The third-order valence-corrected chi connectivity index (χ3v) is 2.10. The molecule has 1 rings (SSSR count). The zero-order chi connectivity index (χ0) is 12.0. The normalized spacial score (nSPS) is 11.6. The summed E-state index contributed by atoms with van der Waals surface area (Å²) in [7, 11) is 0. The molecule has 1 N–H and O–H groups in total. The predicted octanol–water partition coefficient (Wildman–Crippen LogP) is 3.22. The van der Waals surface area contributed by atoms with E-state index >= 15 is 0 Å². The number of hydrogen-bond acceptors (Lipinski definition) is 1. The summed E-state index contributed by atoms with van der Waals surface area (Å²) < 4.78 is 26.4. The van der Waals surface area contributed by atoms with Crippen molar-refractivity contribution in [2.24, 2.45) is 5.92 Å². The first-order chi connectivity index (χ1) is 7.61. The molecule has 0 unspecified atom stereocenters. The monoisotopic (exact) mass is 225 g/mol. The van der Waals surface area contributed by atoms with E-state index in [0.717, 1.165) is 6.54 Å². The third-order valence-electron chi connectivity index (χ3n) is 2.10. The fourth-order valence-electron chi connectivity index (χ4n) is 1.30. The van der Waals surface area contributed by atoms with Crippen LogP contribution >= 0.6 is 0 Å². The molecule has 0 spiro atoms. The summed E-state index contributed by atoms with van der Waals surface area (Å²) in [6.07, 6.45) is 3.20. The highest BCUT2D eigenvalue weighted by atomic mass is 19.1. The van der Waals surface area contributed by atoms with Crippen LogP contribution in [0.25, 0.3) is 6.08 Å². The van der Waals surface area contributed by atoms with E-state index in [1.807, 2.05) is 0 Å². The SMILES string of the molecule is CC(C)CNCC=Cc1c(F)cccc1F. The van der Waals surface area contributed by atoms with Gasteiger partial charge in [0.15, 0.2) is 0 Å². The molecule has 0 fully saturated rings. The molecule has 1 aromatic rings. The van der Waals surface area contributed by atoms with Gasteiger partial charge in [-0.1, -0.05) is 32.1 Å². The van der Waals surface area contributed by atoms with Gasteiger partial charge in [-0.05, 0) is 24.6 Å². The first-order valence-electron chi connectivity index (χ1n) is 5.42. The molecule has 0 saturated carbocycles. The molecule has 0 atom stereocenters. The van der Waals surface area contributed by atoms with Crippen molar-refractivity contribution in [3.63, 3.8) is 0 Å². The van der Waals surface area contributed by atoms with E-state index < -0.39 is 11.6 Å². The number of hydrogen-bond donors (Lipinski definition) is 1. The summed E-state index contributed by atoms with van der Waals surface area (Å²) in [6, 6.07) is 3.87. The zero-order valence-corrected chi connectivity index (χ0v) is 9.63. The van der Waals surface area contributed by atoms with Gasteiger partial charge in [-0.25, -0.2) is 8.78 Å². The Labute approximate surface area is 95.2 Å². The summed E-state index contributed by atoms with van der Waals surface area (Å²) in [4.78, 5) is 0. The summed E-state index contributed by atoms with van der Waals surface area (Å²) in [6.45, 7) is 5.72. The van der Waals surface area contributed by atoms with Gasteiger partial charge >= 0.3 is 0 Å². The number of halogens is 2. The van der Waals surface area contributed by atoms with E-state index in [9.17, 15) is 8.78 Å². The van der Waals surface area contributed by atoms with Crippen LogP contribution in [0.3, 0.4) is 0 Å². The van der Waals surface area contributed by atoms with Crippen molar-refractivity contribution in [2.75, 3.05) is 13.1 Å². The molecule has 0 aliphatic rings. The molecule has 0 aromatic heterocycles. The van der Waals surface area contributed by atoms with Crippen LogP contribution in [0, 0.1) is 17.6 Å². The number of benzene rings is 1. The minimum absolute atomic E-state index is 0.0221. The number of nitrogens with one attached hydrogen (secondary N) is 1. The fourth-order valence-corrected chi connectivity index (χ4v) is 1.30. The molecular weight excluding hydrogens is 208 g/mol. The highest BCUT2D eigenvalue weighted by molar-refractivity contribution is 5.50. The van der Waals surface area contributed by atoms with Crippen LogP contribution in [0.2, 0.25) is 0 Å². The van der Waals surface area contributed by atoms with Crippen molar-refractivity contribution >= 4 is 6.08 Å². The van der Waals surface area contributed by atoms with E-state index in [-0.39, 0.29) is 5.56 Å².